The first kappa shape index (κ1) is 15.9. The molecule has 0 aliphatic carbocycles. The molecule has 3 rings (SSSR count). The summed E-state index contributed by atoms with van der Waals surface area (Å²) in [7, 11) is 0. The summed E-state index contributed by atoms with van der Waals surface area (Å²) < 4.78 is 66.6. The lowest BCUT2D eigenvalue weighted by molar-refractivity contribution is 0.101. The molecule has 0 heterocycles. The molecular weight excluding hydrogens is 329 g/mol. The molecule has 0 saturated heterocycles. The molecule has 7 heteroatoms. The van der Waals surface area contributed by atoms with Gasteiger partial charge in [-0.3, -0.25) is 4.79 Å². The Balaban J connectivity index is 2.00. The highest BCUT2D eigenvalue weighted by Gasteiger charge is 2.29. The van der Waals surface area contributed by atoms with Crippen molar-refractivity contribution in [2.45, 2.75) is 0 Å². The van der Waals surface area contributed by atoms with Crippen LogP contribution in [0.1, 0.15) is 10.4 Å². The largest absolute Gasteiger partial charge is 0.322 e. The van der Waals surface area contributed by atoms with Crippen LogP contribution in [0.3, 0.4) is 0 Å². The smallest absolute Gasteiger partial charge is 0.261 e. The first-order chi connectivity index (χ1) is 11.4. The predicted octanol–water partition coefficient (Wildman–Crippen LogP) is 4.79. The van der Waals surface area contributed by atoms with Gasteiger partial charge in [-0.2, -0.15) is 0 Å². The summed E-state index contributed by atoms with van der Waals surface area (Å²) in [6.45, 7) is 0. The molecule has 24 heavy (non-hydrogen) atoms. The topological polar surface area (TPSA) is 29.1 Å². The summed E-state index contributed by atoms with van der Waals surface area (Å²) in [5, 5.41) is 3.71. The molecule has 2 nitrogen and oxygen atoms in total. The van der Waals surface area contributed by atoms with Gasteiger partial charge in [-0.1, -0.05) is 30.3 Å². The van der Waals surface area contributed by atoms with E-state index in [0.29, 0.717) is 0 Å². The maximum Gasteiger partial charge on any atom is 0.261 e. The molecule has 0 radical (unpaired) electrons. The van der Waals surface area contributed by atoms with Crippen LogP contribution >= 0.6 is 0 Å². The molecule has 0 saturated carbocycles. The Morgan fingerprint density at radius 3 is 1.88 bits per heavy atom. The third-order valence-electron chi connectivity index (χ3n) is 3.44. The van der Waals surface area contributed by atoms with E-state index in [-0.39, 0.29) is 5.69 Å². The zero-order valence-corrected chi connectivity index (χ0v) is 11.8. The molecule has 122 valence electrons. The summed E-state index contributed by atoms with van der Waals surface area (Å²) in [6, 6.07) is 11.7. The first-order valence-corrected chi connectivity index (χ1v) is 6.71. The van der Waals surface area contributed by atoms with Crippen LogP contribution in [0, 0.1) is 29.1 Å². The van der Waals surface area contributed by atoms with Crippen LogP contribution in [-0.2, 0) is 0 Å². The van der Waals surface area contributed by atoms with Crippen molar-refractivity contribution in [2.75, 3.05) is 5.32 Å². The fraction of sp³-hybridized carbons (Fsp3) is 0. The third kappa shape index (κ3) is 2.58. The van der Waals surface area contributed by atoms with Crippen molar-refractivity contribution in [3.63, 3.8) is 0 Å². The van der Waals surface area contributed by atoms with Crippen LogP contribution in [0.4, 0.5) is 27.6 Å². The minimum absolute atomic E-state index is 0.155. The van der Waals surface area contributed by atoms with Gasteiger partial charge >= 0.3 is 0 Å². The standard InChI is InChI=1S/C17H8F5NO/c18-12-11(13(19)15(21)16(22)14(12)20)17(24)23-10-6-5-8-3-1-2-4-9(8)7-10/h1-7H,(H,23,24). The van der Waals surface area contributed by atoms with E-state index in [1.54, 1.807) is 24.3 Å². The molecule has 0 bridgehead atoms. The Labute approximate surface area is 132 Å². The Morgan fingerprint density at radius 1 is 0.708 bits per heavy atom. The van der Waals surface area contributed by atoms with Gasteiger partial charge in [0.25, 0.3) is 5.91 Å². The first-order valence-electron chi connectivity index (χ1n) is 6.71. The summed E-state index contributed by atoms with van der Waals surface area (Å²) in [5.41, 5.74) is -1.37. The van der Waals surface area contributed by atoms with E-state index in [0.717, 1.165) is 10.8 Å². The molecule has 0 atom stereocenters. The van der Waals surface area contributed by atoms with Crippen LogP contribution in [0.15, 0.2) is 42.5 Å². The quantitative estimate of drug-likeness (QED) is 0.407. The monoisotopic (exact) mass is 337 g/mol. The number of carbonyl (C=O) groups excluding carboxylic acids is 1. The molecule has 1 N–H and O–H groups in total. The van der Waals surface area contributed by atoms with Gasteiger partial charge in [0.1, 0.15) is 5.56 Å². The van der Waals surface area contributed by atoms with Crippen LogP contribution < -0.4 is 5.32 Å². The maximum absolute atomic E-state index is 13.6. The number of nitrogens with one attached hydrogen (secondary N) is 1. The Hall–Kier alpha value is -2.96. The zero-order chi connectivity index (χ0) is 17.4. The van der Waals surface area contributed by atoms with Crippen LogP contribution in [-0.4, -0.2) is 5.91 Å². The second-order valence-corrected chi connectivity index (χ2v) is 4.96. The lowest BCUT2D eigenvalue weighted by atomic mass is 10.1. The fourth-order valence-corrected chi connectivity index (χ4v) is 2.26. The van der Waals surface area contributed by atoms with Crippen molar-refractivity contribution in [3.05, 3.63) is 77.1 Å². The lowest BCUT2D eigenvalue weighted by Crippen LogP contribution is -2.19. The number of carbonyl (C=O) groups is 1. The summed E-state index contributed by atoms with van der Waals surface area (Å²) in [6.07, 6.45) is 0. The van der Waals surface area contributed by atoms with Gasteiger partial charge in [0, 0.05) is 5.69 Å². The number of hydrogen-bond donors (Lipinski definition) is 1. The second kappa shape index (κ2) is 5.92. The highest BCUT2D eigenvalue weighted by Crippen LogP contribution is 2.25. The van der Waals surface area contributed by atoms with E-state index in [9.17, 15) is 26.7 Å². The normalized spacial score (nSPS) is 10.9. The number of rotatable bonds is 2. The van der Waals surface area contributed by atoms with Gasteiger partial charge in [-0.25, -0.2) is 22.0 Å². The molecule has 0 fully saturated rings. The molecule has 3 aromatic rings. The number of halogens is 5. The predicted molar refractivity (Wildman–Crippen MR) is 78.1 cm³/mol. The summed E-state index contributed by atoms with van der Waals surface area (Å²) in [5.74, 6) is -12.4. The minimum Gasteiger partial charge on any atom is -0.322 e. The van der Waals surface area contributed by atoms with Gasteiger partial charge in [-0.15, -0.1) is 0 Å². The summed E-state index contributed by atoms with van der Waals surface area (Å²) in [4.78, 5) is 12.0. The van der Waals surface area contributed by atoms with Crippen molar-refractivity contribution >= 4 is 22.4 Å². The lowest BCUT2D eigenvalue weighted by Gasteiger charge is -2.10. The molecule has 0 aromatic heterocycles. The molecule has 0 aliphatic heterocycles. The van der Waals surface area contributed by atoms with Gasteiger partial charge in [0.15, 0.2) is 23.3 Å². The van der Waals surface area contributed by atoms with Crippen molar-refractivity contribution in [1.82, 2.24) is 0 Å². The number of anilines is 1. The van der Waals surface area contributed by atoms with Gasteiger partial charge < -0.3 is 5.32 Å². The van der Waals surface area contributed by atoms with E-state index < -0.39 is 40.6 Å². The minimum atomic E-state index is -2.31. The van der Waals surface area contributed by atoms with Gasteiger partial charge in [0.2, 0.25) is 5.82 Å². The number of amides is 1. The zero-order valence-electron chi connectivity index (χ0n) is 11.8. The van der Waals surface area contributed by atoms with Crippen LogP contribution in [0.2, 0.25) is 0 Å². The highest BCUT2D eigenvalue weighted by atomic mass is 19.2. The van der Waals surface area contributed by atoms with Crippen molar-refractivity contribution in [3.8, 4) is 0 Å². The van der Waals surface area contributed by atoms with Crippen molar-refractivity contribution in [2.24, 2.45) is 0 Å². The average molecular weight is 337 g/mol. The summed E-state index contributed by atoms with van der Waals surface area (Å²) >= 11 is 0. The van der Waals surface area contributed by atoms with E-state index in [1.807, 2.05) is 6.07 Å². The highest BCUT2D eigenvalue weighted by molar-refractivity contribution is 6.05. The Kier molecular flexibility index (Phi) is 3.92. The van der Waals surface area contributed by atoms with Crippen molar-refractivity contribution in [1.29, 1.82) is 0 Å². The number of benzene rings is 3. The SMILES string of the molecule is O=C(Nc1ccc2ccccc2c1)c1c(F)c(F)c(F)c(F)c1F. The maximum atomic E-state index is 13.6. The van der Waals surface area contributed by atoms with Crippen LogP contribution in [0.5, 0.6) is 0 Å². The average Bonchev–Trinajstić information content (AvgIpc) is 2.58. The number of hydrogen-bond acceptors (Lipinski definition) is 1. The van der Waals surface area contributed by atoms with E-state index >= 15 is 0 Å². The fourth-order valence-electron chi connectivity index (χ4n) is 2.26. The molecule has 0 aliphatic rings. The molecule has 1 amide bonds. The van der Waals surface area contributed by atoms with Gasteiger partial charge in [-0.05, 0) is 22.9 Å². The van der Waals surface area contributed by atoms with Gasteiger partial charge in [0.05, 0.1) is 0 Å². The Morgan fingerprint density at radius 2 is 1.25 bits per heavy atom. The van der Waals surface area contributed by atoms with Crippen LogP contribution in [0.25, 0.3) is 10.8 Å². The van der Waals surface area contributed by atoms with E-state index in [2.05, 4.69) is 5.32 Å². The van der Waals surface area contributed by atoms with E-state index in [4.69, 9.17) is 0 Å². The number of fused-ring (bicyclic) bond motifs is 1. The molecular formula is C17H8F5NO. The third-order valence-corrected chi connectivity index (χ3v) is 3.44. The Bertz CT molecular complexity index is 942. The molecule has 3 aromatic carbocycles. The van der Waals surface area contributed by atoms with Crippen molar-refractivity contribution < 1.29 is 26.7 Å². The second-order valence-electron chi connectivity index (χ2n) is 4.96. The molecule has 0 unspecified atom stereocenters. The molecule has 0 spiro atoms. The van der Waals surface area contributed by atoms with E-state index in [1.165, 1.54) is 12.1 Å².